The van der Waals surface area contributed by atoms with E-state index in [-0.39, 0.29) is 16.6 Å². The molecule has 1 atom stereocenters. The van der Waals surface area contributed by atoms with Crippen molar-refractivity contribution in [1.29, 1.82) is 0 Å². The Kier molecular flexibility index (Phi) is 10.7. The number of rotatable bonds is 9. The van der Waals surface area contributed by atoms with E-state index in [0.29, 0.717) is 32.5 Å². The average molecular weight is 639 g/mol. The van der Waals surface area contributed by atoms with Crippen molar-refractivity contribution in [2.24, 2.45) is 0 Å². The van der Waals surface area contributed by atoms with E-state index in [1.54, 1.807) is 91.9 Å². The number of nitrogens with one attached hydrogen (secondary N) is 3. The van der Waals surface area contributed by atoms with E-state index in [2.05, 4.69) is 16.0 Å². The third-order valence-electron chi connectivity index (χ3n) is 6.04. The van der Waals surface area contributed by atoms with Crippen LogP contribution in [0.15, 0.2) is 102 Å². The van der Waals surface area contributed by atoms with Gasteiger partial charge in [0.15, 0.2) is 0 Å². The third-order valence-corrected chi connectivity index (χ3v) is 8.40. The van der Waals surface area contributed by atoms with Crippen molar-refractivity contribution in [3.05, 3.63) is 128 Å². The first-order valence-corrected chi connectivity index (χ1v) is 14.8. The molecule has 0 fully saturated rings. The Hall–Kier alpha value is -3.75. The molecule has 0 spiro atoms. The number of hydrogen-bond acceptors (Lipinski definition) is 4. The second-order valence-electron chi connectivity index (χ2n) is 9.21. The van der Waals surface area contributed by atoms with Crippen molar-refractivity contribution in [1.82, 2.24) is 5.32 Å². The van der Waals surface area contributed by atoms with E-state index in [4.69, 9.17) is 34.8 Å². The molecule has 42 heavy (non-hydrogen) atoms. The number of aryl methyl sites for hydroxylation is 1. The largest absolute Gasteiger partial charge is 0.325 e. The summed E-state index contributed by atoms with van der Waals surface area (Å²) in [6, 6.07) is 26.0. The molecule has 0 aliphatic heterocycles. The van der Waals surface area contributed by atoms with Crippen molar-refractivity contribution >= 4 is 81.7 Å². The van der Waals surface area contributed by atoms with Gasteiger partial charge in [-0.15, -0.1) is 11.8 Å². The number of halogens is 3. The lowest BCUT2D eigenvalue weighted by molar-refractivity contribution is -0.115. The molecular formula is C32H26Cl3N3O3S. The Balaban J connectivity index is 1.45. The fraction of sp³-hybridized carbons (Fsp3) is 0.0938. The van der Waals surface area contributed by atoms with Gasteiger partial charge in [0.1, 0.15) is 5.70 Å². The monoisotopic (exact) mass is 637 g/mol. The standard InChI is InChI=1S/C32H26Cl3N3O3S/c1-19-11-12-24(18-27(19)34)37-30(39)20(2)42-25-15-13-23(14-16-25)36-32(41)28(17-22-9-6-10-26(33)29(22)35)38-31(40)21-7-4-3-5-8-21/h3-18,20H,1-2H3,(H,36,41)(H,37,39)(H,38,40)/b28-17-. The SMILES string of the molecule is Cc1ccc(NC(=O)C(C)Sc2ccc(NC(=O)/C(=C/c3cccc(Cl)c3Cl)NC(=O)c3ccccc3)cc2)cc1Cl. The Morgan fingerprint density at radius 1 is 0.786 bits per heavy atom. The Labute approximate surface area is 263 Å². The second kappa shape index (κ2) is 14.4. The maximum absolute atomic E-state index is 13.3. The molecule has 0 saturated heterocycles. The summed E-state index contributed by atoms with van der Waals surface area (Å²) in [4.78, 5) is 39.7. The summed E-state index contributed by atoms with van der Waals surface area (Å²) in [6.07, 6.45) is 1.47. The van der Waals surface area contributed by atoms with Crippen LogP contribution in [-0.2, 0) is 9.59 Å². The molecule has 0 aromatic heterocycles. The topological polar surface area (TPSA) is 87.3 Å². The molecule has 3 N–H and O–H groups in total. The predicted molar refractivity (Wildman–Crippen MR) is 174 cm³/mol. The number of carbonyl (C=O) groups excluding carboxylic acids is 3. The van der Waals surface area contributed by atoms with Crippen LogP contribution in [0.4, 0.5) is 11.4 Å². The summed E-state index contributed by atoms with van der Waals surface area (Å²) in [6.45, 7) is 3.70. The van der Waals surface area contributed by atoms with Gasteiger partial charge in [-0.2, -0.15) is 0 Å². The minimum absolute atomic E-state index is 0.0204. The van der Waals surface area contributed by atoms with E-state index in [9.17, 15) is 14.4 Å². The molecule has 10 heteroatoms. The van der Waals surface area contributed by atoms with Crippen molar-refractivity contribution in [3.8, 4) is 0 Å². The molecule has 214 valence electrons. The minimum Gasteiger partial charge on any atom is -0.325 e. The molecule has 0 aliphatic carbocycles. The summed E-state index contributed by atoms with van der Waals surface area (Å²) in [5, 5.41) is 9.11. The van der Waals surface area contributed by atoms with Crippen LogP contribution in [-0.4, -0.2) is 23.0 Å². The van der Waals surface area contributed by atoms with Crippen LogP contribution in [0.5, 0.6) is 0 Å². The molecule has 0 bridgehead atoms. The molecule has 4 aromatic carbocycles. The van der Waals surface area contributed by atoms with Gasteiger partial charge in [0.25, 0.3) is 11.8 Å². The number of anilines is 2. The van der Waals surface area contributed by atoms with Crippen molar-refractivity contribution in [2.75, 3.05) is 10.6 Å². The summed E-state index contributed by atoms with van der Waals surface area (Å²) in [5.41, 5.74) is 2.89. The van der Waals surface area contributed by atoms with E-state index in [0.717, 1.165) is 10.5 Å². The Morgan fingerprint density at radius 2 is 1.48 bits per heavy atom. The zero-order valence-electron chi connectivity index (χ0n) is 22.6. The molecule has 4 aromatic rings. The highest BCUT2D eigenvalue weighted by atomic mass is 35.5. The second-order valence-corrected chi connectivity index (χ2v) is 11.8. The first-order chi connectivity index (χ1) is 20.1. The van der Waals surface area contributed by atoms with Gasteiger partial charge < -0.3 is 16.0 Å². The minimum atomic E-state index is -0.555. The van der Waals surface area contributed by atoms with E-state index >= 15 is 0 Å². The fourth-order valence-electron chi connectivity index (χ4n) is 3.72. The van der Waals surface area contributed by atoms with Crippen LogP contribution in [0.1, 0.15) is 28.4 Å². The highest BCUT2D eigenvalue weighted by molar-refractivity contribution is 8.00. The van der Waals surface area contributed by atoms with Gasteiger partial charge in [-0.05, 0) is 85.6 Å². The van der Waals surface area contributed by atoms with Gasteiger partial charge >= 0.3 is 0 Å². The van der Waals surface area contributed by atoms with Crippen molar-refractivity contribution in [2.45, 2.75) is 24.0 Å². The maximum Gasteiger partial charge on any atom is 0.272 e. The molecule has 0 aliphatic rings. The highest BCUT2D eigenvalue weighted by Crippen LogP contribution is 2.29. The number of hydrogen-bond donors (Lipinski definition) is 3. The van der Waals surface area contributed by atoms with Crippen LogP contribution < -0.4 is 16.0 Å². The number of carbonyl (C=O) groups is 3. The van der Waals surface area contributed by atoms with E-state index in [1.807, 2.05) is 13.0 Å². The molecule has 4 rings (SSSR count). The predicted octanol–water partition coefficient (Wildman–Crippen LogP) is 8.48. The summed E-state index contributed by atoms with van der Waals surface area (Å²) >= 11 is 20.0. The van der Waals surface area contributed by atoms with Gasteiger partial charge in [0.05, 0.1) is 15.3 Å². The van der Waals surface area contributed by atoms with Crippen molar-refractivity contribution < 1.29 is 14.4 Å². The van der Waals surface area contributed by atoms with Gasteiger partial charge in [0.2, 0.25) is 5.91 Å². The average Bonchev–Trinajstić information content (AvgIpc) is 2.98. The lowest BCUT2D eigenvalue weighted by atomic mass is 10.1. The first kappa shape index (κ1) is 31.2. The molecule has 1 unspecified atom stereocenters. The van der Waals surface area contributed by atoms with E-state index < -0.39 is 17.1 Å². The molecule has 0 radical (unpaired) electrons. The smallest absolute Gasteiger partial charge is 0.272 e. The molecule has 3 amide bonds. The maximum atomic E-state index is 13.3. The first-order valence-electron chi connectivity index (χ1n) is 12.8. The summed E-state index contributed by atoms with van der Waals surface area (Å²) < 4.78 is 0. The van der Waals surface area contributed by atoms with Crippen LogP contribution >= 0.6 is 46.6 Å². The Morgan fingerprint density at radius 3 is 2.17 bits per heavy atom. The zero-order valence-corrected chi connectivity index (χ0v) is 25.7. The lowest BCUT2D eigenvalue weighted by Gasteiger charge is -2.14. The summed E-state index contributed by atoms with van der Waals surface area (Å²) in [5.74, 6) is -1.18. The third kappa shape index (κ3) is 8.39. The fourth-order valence-corrected chi connectivity index (χ4v) is 5.13. The molecule has 0 heterocycles. The normalized spacial score (nSPS) is 11.9. The highest BCUT2D eigenvalue weighted by Gasteiger charge is 2.18. The van der Waals surface area contributed by atoms with E-state index in [1.165, 1.54) is 17.8 Å². The number of amides is 3. The quantitative estimate of drug-likeness (QED) is 0.127. The number of benzene rings is 4. The van der Waals surface area contributed by atoms with Crippen LogP contribution in [0.3, 0.4) is 0 Å². The Bertz CT molecular complexity index is 1640. The zero-order chi connectivity index (χ0) is 30.2. The van der Waals surface area contributed by atoms with Crippen molar-refractivity contribution in [3.63, 3.8) is 0 Å². The van der Waals surface area contributed by atoms with Gasteiger partial charge in [-0.1, -0.05) is 71.2 Å². The van der Waals surface area contributed by atoms with Crippen LogP contribution in [0.2, 0.25) is 15.1 Å². The van der Waals surface area contributed by atoms with Gasteiger partial charge in [-0.25, -0.2) is 0 Å². The van der Waals surface area contributed by atoms with Crippen LogP contribution in [0.25, 0.3) is 6.08 Å². The van der Waals surface area contributed by atoms with Crippen LogP contribution in [0, 0.1) is 6.92 Å². The van der Waals surface area contributed by atoms with Gasteiger partial charge in [-0.3, -0.25) is 14.4 Å². The van der Waals surface area contributed by atoms with Gasteiger partial charge in [0, 0.05) is 26.9 Å². The molecule has 0 saturated carbocycles. The number of thioether (sulfide) groups is 1. The summed E-state index contributed by atoms with van der Waals surface area (Å²) in [7, 11) is 0. The molecule has 6 nitrogen and oxygen atoms in total. The molecular weight excluding hydrogens is 613 g/mol. The lowest BCUT2D eigenvalue weighted by Crippen LogP contribution is -2.30.